The fourth-order valence-electron chi connectivity index (χ4n) is 3.44. The van der Waals surface area contributed by atoms with Gasteiger partial charge in [-0.1, -0.05) is 26.0 Å². The molecule has 0 radical (unpaired) electrons. The number of aromatic amines is 1. The minimum atomic E-state index is -3.64. The molecule has 1 aliphatic rings. The first-order valence-corrected chi connectivity index (χ1v) is 12.8. The van der Waals surface area contributed by atoms with Gasteiger partial charge in [0.1, 0.15) is 17.2 Å². The molecular weight excluding hydrogens is 460 g/mol. The van der Waals surface area contributed by atoms with Gasteiger partial charge in [-0.05, 0) is 32.1 Å². The van der Waals surface area contributed by atoms with Crippen molar-refractivity contribution >= 4 is 26.4 Å². The van der Waals surface area contributed by atoms with Crippen molar-refractivity contribution in [2.45, 2.75) is 32.9 Å². The summed E-state index contributed by atoms with van der Waals surface area (Å²) in [6.45, 7) is 8.46. The highest BCUT2D eigenvalue weighted by molar-refractivity contribution is 7.90. The van der Waals surface area contributed by atoms with Gasteiger partial charge >= 0.3 is 0 Å². The molecule has 0 aliphatic carbocycles. The van der Waals surface area contributed by atoms with Crippen molar-refractivity contribution in [3.05, 3.63) is 52.2 Å². The summed E-state index contributed by atoms with van der Waals surface area (Å²) in [4.78, 5) is 13.8. The van der Waals surface area contributed by atoms with Crippen LogP contribution in [0.5, 0.6) is 5.75 Å². The quantitative estimate of drug-likeness (QED) is 0.365. The number of nitrogens with zero attached hydrogens (tertiary/aromatic N) is 2. The lowest BCUT2D eigenvalue weighted by molar-refractivity contribution is 0.163. The normalized spacial score (nSPS) is 14.3. The standard InChI is InChI=1S/C21H28N4O6S.C2H6/c1-14(32(29,30)22-8-9-25(10-12-26)11-13-27)6-7-17-15(2)20-19-16(21(28)24-23-20)4-3-5-18(19)31-17;1-2/h3-7,14,22,26-27H,8-13H2,1-2H3,(H,24,28);1-2H3/b7-6-;. The fourth-order valence-corrected chi connectivity index (χ4v) is 4.36. The molecular formula is C23H34N4O6S. The Morgan fingerprint density at radius 2 is 1.88 bits per heavy atom. The summed E-state index contributed by atoms with van der Waals surface area (Å²) >= 11 is 0. The molecule has 34 heavy (non-hydrogen) atoms. The van der Waals surface area contributed by atoms with E-state index in [2.05, 4.69) is 14.9 Å². The van der Waals surface area contributed by atoms with Crippen LogP contribution in [-0.2, 0) is 10.0 Å². The Morgan fingerprint density at radius 1 is 1.21 bits per heavy atom. The van der Waals surface area contributed by atoms with E-state index in [1.165, 1.54) is 6.08 Å². The average Bonchev–Trinajstić information content (AvgIpc) is 2.82. The second-order valence-electron chi connectivity index (χ2n) is 7.46. The molecule has 11 heteroatoms. The van der Waals surface area contributed by atoms with E-state index in [-0.39, 0.29) is 25.3 Å². The highest BCUT2D eigenvalue weighted by atomic mass is 32.2. The van der Waals surface area contributed by atoms with Gasteiger partial charge in [-0.25, -0.2) is 18.2 Å². The van der Waals surface area contributed by atoms with Crippen LogP contribution < -0.4 is 15.0 Å². The molecule has 188 valence electrons. The van der Waals surface area contributed by atoms with Gasteiger partial charge in [0.25, 0.3) is 5.56 Å². The molecule has 0 fully saturated rings. The molecule has 1 aromatic heterocycles. The lowest BCUT2D eigenvalue weighted by Crippen LogP contribution is -2.40. The summed E-state index contributed by atoms with van der Waals surface area (Å²) in [7, 11) is -3.64. The van der Waals surface area contributed by atoms with Crippen LogP contribution in [0.3, 0.4) is 0 Å². The van der Waals surface area contributed by atoms with Crippen LogP contribution in [-0.4, -0.2) is 78.4 Å². The maximum Gasteiger partial charge on any atom is 0.272 e. The van der Waals surface area contributed by atoms with E-state index in [0.29, 0.717) is 53.2 Å². The van der Waals surface area contributed by atoms with Gasteiger partial charge < -0.3 is 14.9 Å². The van der Waals surface area contributed by atoms with Crippen molar-refractivity contribution in [1.29, 1.82) is 0 Å². The minimum Gasteiger partial charge on any atom is -0.456 e. The van der Waals surface area contributed by atoms with Crippen LogP contribution in [0.25, 0.3) is 16.3 Å². The number of allylic oxidation sites excluding steroid dienone is 2. The number of ether oxygens (including phenoxy) is 1. The lowest BCUT2D eigenvalue weighted by atomic mass is 10.0. The van der Waals surface area contributed by atoms with E-state index in [9.17, 15) is 13.2 Å². The number of aliphatic hydroxyl groups is 2. The van der Waals surface area contributed by atoms with Crippen molar-refractivity contribution in [3.8, 4) is 5.75 Å². The van der Waals surface area contributed by atoms with Crippen molar-refractivity contribution in [2.24, 2.45) is 0 Å². The van der Waals surface area contributed by atoms with Crippen molar-refractivity contribution < 1.29 is 23.4 Å². The second-order valence-corrected chi connectivity index (χ2v) is 9.59. The third-order valence-electron chi connectivity index (χ3n) is 5.29. The number of H-pyrrole nitrogens is 1. The van der Waals surface area contributed by atoms with E-state index in [1.54, 1.807) is 43.0 Å². The number of nitrogens with one attached hydrogen (secondary N) is 2. The van der Waals surface area contributed by atoms with Crippen LogP contribution in [0.2, 0.25) is 0 Å². The summed E-state index contributed by atoms with van der Waals surface area (Å²) in [5.41, 5.74) is 0.966. The lowest BCUT2D eigenvalue weighted by Gasteiger charge is -2.21. The second kappa shape index (κ2) is 12.8. The van der Waals surface area contributed by atoms with E-state index in [4.69, 9.17) is 14.9 Å². The maximum atomic E-state index is 12.6. The molecule has 1 aliphatic heterocycles. The summed E-state index contributed by atoms with van der Waals surface area (Å²) in [5.74, 6) is 0.937. The first kappa shape index (κ1) is 27.7. The van der Waals surface area contributed by atoms with Gasteiger partial charge in [0.15, 0.2) is 0 Å². The molecule has 2 aromatic rings. The number of benzene rings is 1. The summed E-state index contributed by atoms with van der Waals surface area (Å²) in [6.07, 6.45) is 3.12. The van der Waals surface area contributed by atoms with Gasteiger partial charge in [-0.3, -0.25) is 9.69 Å². The van der Waals surface area contributed by atoms with Crippen molar-refractivity contribution in [3.63, 3.8) is 0 Å². The smallest absolute Gasteiger partial charge is 0.272 e. The van der Waals surface area contributed by atoms with Gasteiger partial charge in [0, 0.05) is 31.8 Å². The minimum absolute atomic E-state index is 0.0695. The predicted molar refractivity (Wildman–Crippen MR) is 133 cm³/mol. The molecule has 4 N–H and O–H groups in total. The number of hydrogen-bond acceptors (Lipinski definition) is 8. The summed E-state index contributed by atoms with van der Waals surface area (Å²) in [6, 6.07) is 5.15. The predicted octanol–water partition coefficient (Wildman–Crippen LogP) is 1.22. The van der Waals surface area contributed by atoms with Crippen LogP contribution in [0.15, 0.2) is 40.9 Å². The molecule has 0 spiro atoms. The molecule has 0 saturated heterocycles. The Hall–Kier alpha value is -2.57. The number of rotatable bonds is 11. The summed E-state index contributed by atoms with van der Waals surface area (Å²) < 4.78 is 33.6. The first-order chi connectivity index (χ1) is 16.3. The summed E-state index contributed by atoms with van der Waals surface area (Å²) in [5, 5.41) is 25.0. The Labute approximate surface area is 200 Å². The monoisotopic (exact) mass is 494 g/mol. The number of hydrogen-bond donors (Lipinski definition) is 4. The van der Waals surface area contributed by atoms with Crippen molar-refractivity contribution in [2.75, 3.05) is 39.4 Å². The first-order valence-electron chi connectivity index (χ1n) is 11.3. The zero-order chi connectivity index (χ0) is 25.3. The molecule has 3 rings (SSSR count). The van der Waals surface area contributed by atoms with E-state index < -0.39 is 15.3 Å². The largest absolute Gasteiger partial charge is 0.456 e. The Kier molecular flexibility index (Phi) is 10.4. The number of aliphatic hydroxyl groups excluding tert-OH is 2. The van der Waals surface area contributed by atoms with Gasteiger partial charge in [0.2, 0.25) is 10.0 Å². The van der Waals surface area contributed by atoms with Crippen LogP contribution in [0, 0.1) is 0 Å². The topological polar surface area (TPSA) is 145 Å². The number of sulfonamides is 1. The number of aromatic nitrogens is 2. The third-order valence-corrected chi connectivity index (χ3v) is 7.04. The molecule has 0 amide bonds. The molecule has 0 bridgehead atoms. The van der Waals surface area contributed by atoms with Gasteiger partial charge in [0.05, 0.1) is 29.2 Å². The Bertz CT molecular complexity index is 1180. The fraction of sp³-hybridized carbons (Fsp3) is 0.478. The zero-order valence-electron chi connectivity index (χ0n) is 20.0. The Morgan fingerprint density at radius 3 is 2.53 bits per heavy atom. The molecule has 1 unspecified atom stereocenters. The van der Waals surface area contributed by atoms with E-state index in [0.717, 1.165) is 0 Å². The third kappa shape index (κ3) is 6.51. The van der Waals surface area contributed by atoms with Crippen LogP contribution in [0.4, 0.5) is 0 Å². The Balaban J connectivity index is 0.00000199. The zero-order valence-corrected chi connectivity index (χ0v) is 20.9. The molecule has 0 saturated carbocycles. The molecule has 10 nitrogen and oxygen atoms in total. The van der Waals surface area contributed by atoms with E-state index in [1.807, 2.05) is 13.8 Å². The highest BCUT2D eigenvalue weighted by Gasteiger charge is 2.23. The maximum absolute atomic E-state index is 12.6. The molecule has 1 atom stereocenters. The molecule has 2 heterocycles. The van der Waals surface area contributed by atoms with Gasteiger partial charge in [-0.2, -0.15) is 5.10 Å². The SMILES string of the molecule is CC.CC1=C(/C=C\C(C)S(=O)(=O)NCCN(CCO)CCO)Oc2cccc3c(=O)[nH]nc1c23. The van der Waals surface area contributed by atoms with Crippen molar-refractivity contribution in [1.82, 2.24) is 19.8 Å². The van der Waals surface area contributed by atoms with Crippen LogP contribution in [0.1, 0.15) is 33.4 Å². The molecule has 1 aromatic carbocycles. The van der Waals surface area contributed by atoms with Crippen LogP contribution >= 0.6 is 0 Å². The van der Waals surface area contributed by atoms with Gasteiger partial charge in [-0.15, -0.1) is 0 Å². The highest BCUT2D eigenvalue weighted by Crippen LogP contribution is 2.36. The average molecular weight is 495 g/mol. The van der Waals surface area contributed by atoms with E-state index >= 15 is 0 Å².